The molecule has 1 aromatic heterocycles. The average molecular weight is 473 g/mol. The molecule has 0 aliphatic carbocycles. The lowest BCUT2D eigenvalue weighted by Gasteiger charge is -2.19. The lowest BCUT2D eigenvalue weighted by Crippen LogP contribution is -2.37. The van der Waals surface area contributed by atoms with Crippen molar-refractivity contribution in [3.63, 3.8) is 0 Å². The van der Waals surface area contributed by atoms with Gasteiger partial charge in [0, 0.05) is 17.3 Å². The number of fused-ring (bicyclic) bond motifs is 2. The number of nitrogens with one attached hydrogen (secondary N) is 2. The van der Waals surface area contributed by atoms with Crippen LogP contribution < -0.4 is 20.1 Å². The maximum atomic E-state index is 12.5. The molecule has 0 saturated carbocycles. The minimum atomic E-state index is -0.788. The molecule has 0 bridgehead atoms. The molecule has 176 valence electrons. The summed E-state index contributed by atoms with van der Waals surface area (Å²) in [5, 5.41) is 9.27. The summed E-state index contributed by atoms with van der Waals surface area (Å²) >= 11 is 0. The highest BCUT2D eigenvalue weighted by atomic mass is 16.6. The van der Waals surface area contributed by atoms with Gasteiger partial charge in [0.25, 0.3) is 5.91 Å². The standard InChI is InChI=1S/C25H19N3O7/c29-22(27-25(31)26-17-7-9-20-21(13-17)33-11-10-32-20)14-34-24(30)16-6-8-19-18(12-16)23(35-28-19)15-4-2-1-3-5-15/h1-9,12-13H,10-11,14H2,(H2,26,27,29,31). The number of ether oxygens (including phenoxy) is 3. The van der Waals surface area contributed by atoms with Crippen LogP contribution in [0.25, 0.3) is 22.2 Å². The van der Waals surface area contributed by atoms with Gasteiger partial charge in [-0.1, -0.05) is 35.5 Å². The van der Waals surface area contributed by atoms with E-state index in [1.807, 2.05) is 30.3 Å². The molecule has 0 unspecified atom stereocenters. The van der Waals surface area contributed by atoms with Crippen molar-refractivity contribution >= 4 is 34.5 Å². The van der Waals surface area contributed by atoms with Crippen molar-refractivity contribution in [1.29, 1.82) is 0 Å². The van der Waals surface area contributed by atoms with E-state index >= 15 is 0 Å². The number of amides is 3. The number of benzene rings is 3. The van der Waals surface area contributed by atoms with Crippen LogP contribution in [0.2, 0.25) is 0 Å². The Morgan fingerprint density at radius 2 is 1.71 bits per heavy atom. The van der Waals surface area contributed by atoms with Gasteiger partial charge in [0.1, 0.15) is 18.7 Å². The van der Waals surface area contributed by atoms with E-state index in [2.05, 4.69) is 15.8 Å². The van der Waals surface area contributed by atoms with E-state index in [-0.39, 0.29) is 5.56 Å². The van der Waals surface area contributed by atoms with Crippen LogP contribution in [0.3, 0.4) is 0 Å². The zero-order valence-corrected chi connectivity index (χ0v) is 18.3. The highest BCUT2D eigenvalue weighted by Gasteiger charge is 2.17. The molecule has 0 saturated heterocycles. The van der Waals surface area contributed by atoms with Crippen molar-refractivity contribution in [2.75, 3.05) is 25.1 Å². The second kappa shape index (κ2) is 9.56. The molecule has 2 N–H and O–H groups in total. The highest BCUT2D eigenvalue weighted by Crippen LogP contribution is 2.32. The van der Waals surface area contributed by atoms with Crippen molar-refractivity contribution in [3.05, 3.63) is 72.3 Å². The van der Waals surface area contributed by atoms with Crippen LogP contribution in [-0.4, -0.2) is 42.9 Å². The molecule has 3 amide bonds. The van der Waals surface area contributed by atoms with E-state index in [4.69, 9.17) is 18.7 Å². The van der Waals surface area contributed by atoms with E-state index in [0.717, 1.165) is 5.56 Å². The Kier molecular flexibility index (Phi) is 6.00. The molecule has 1 aliphatic rings. The monoisotopic (exact) mass is 473 g/mol. The van der Waals surface area contributed by atoms with Crippen LogP contribution >= 0.6 is 0 Å². The second-order valence-corrected chi connectivity index (χ2v) is 7.55. The fourth-order valence-electron chi connectivity index (χ4n) is 3.53. The van der Waals surface area contributed by atoms with Gasteiger partial charge in [-0.25, -0.2) is 9.59 Å². The molecule has 35 heavy (non-hydrogen) atoms. The molecule has 2 heterocycles. The number of carbonyl (C=O) groups is 3. The number of esters is 1. The Labute approximate surface area is 198 Å². The molecular formula is C25H19N3O7. The van der Waals surface area contributed by atoms with Gasteiger partial charge in [-0.15, -0.1) is 0 Å². The number of carbonyl (C=O) groups excluding carboxylic acids is 3. The fourth-order valence-corrected chi connectivity index (χ4v) is 3.53. The summed E-state index contributed by atoms with van der Waals surface area (Å²) in [6.45, 7) is 0.221. The van der Waals surface area contributed by atoms with Crippen LogP contribution in [0.4, 0.5) is 10.5 Å². The Morgan fingerprint density at radius 3 is 2.54 bits per heavy atom. The predicted octanol–water partition coefficient (Wildman–Crippen LogP) is 3.77. The number of rotatable bonds is 5. The van der Waals surface area contributed by atoms with Gasteiger partial charge in [0.05, 0.1) is 10.9 Å². The molecule has 10 heteroatoms. The maximum absolute atomic E-state index is 12.5. The summed E-state index contributed by atoms with van der Waals surface area (Å²) < 4.78 is 21.4. The Bertz CT molecular complexity index is 1420. The van der Waals surface area contributed by atoms with Crippen molar-refractivity contribution in [2.24, 2.45) is 0 Å². The van der Waals surface area contributed by atoms with E-state index < -0.39 is 24.5 Å². The number of hydrogen-bond acceptors (Lipinski definition) is 8. The van der Waals surface area contributed by atoms with Crippen molar-refractivity contribution in [3.8, 4) is 22.8 Å². The molecule has 0 atom stereocenters. The summed E-state index contributed by atoms with van der Waals surface area (Å²) in [5.41, 5.74) is 2.01. The molecule has 0 spiro atoms. The smallest absolute Gasteiger partial charge is 0.338 e. The van der Waals surface area contributed by atoms with Crippen LogP contribution in [0.5, 0.6) is 11.5 Å². The fraction of sp³-hybridized carbons (Fsp3) is 0.120. The van der Waals surface area contributed by atoms with Gasteiger partial charge in [0.2, 0.25) is 0 Å². The number of anilines is 1. The second-order valence-electron chi connectivity index (χ2n) is 7.55. The van der Waals surface area contributed by atoms with Gasteiger partial charge >= 0.3 is 12.0 Å². The summed E-state index contributed by atoms with van der Waals surface area (Å²) in [5.74, 6) is 0.0720. The Balaban J connectivity index is 1.18. The van der Waals surface area contributed by atoms with Gasteiger partial charge in [0.15, 0.2) is 23.9 Å². The van der Waals surface area contributed by atoms with E-state index in [1.54, 1.807) is 30.3 Å². The van der Waals surface area contributed by atoms with E-state index in [9.17, 15) is 14.4 Å². The number of nitrogens with zero attached hydrogens (tertiary/aromatic N) is 1. The van der Waals surface area contributed by atoms with Gasteiger partial charge in [-0.3, -0.25) is 10.1 Å². The lowest BCUT2D eigenvalue weighted by atomic mass is 10.1. The topological polar surface area (TPSA) is 129 Å². The largest absolute Gasteiger partial charge is 0.486 e. The minimum Gasteiger partial charge on any atom is -0.486 e. The highest BCUT2D eigenvalue weighted by molar-refractivity contribution is 6.03. The molecule has 5 rings (SSSR count). The normalized spacial score (nSPS) is 12.1. The average Bonchev–Trinajstić information content (AvgIpc) is 3.31. The van der Waals surface area contributed by atoms with Crippen LogP contribution in [0.15, 0.2) is 71.3 Å². The third kappa shape index (κ3) is 4.91. The third-order valence-electron chi connectivity index (χ3n) is 5.14. The first-order valence-corrected chi connectivity index (χ1v) is 10.7. The minimum absolute atomic E-state index is 0.214. The molecule has 1 aliphatic heterocycles. The number of imide groups is 1. The summed E-state index contributed by atoms with van der Waals surface area (Å²) in [6.07, 6.45) is 0. The molecule has 4 aromatic rings. The van der Waals surface area contributed by atoms with Gasteiger partial charge < -0.3 is 24.1 Å². The summed E-state index contributed by atoms with van der Waals surface area (Å²) in [6, 6.07) is 18.2. The summed E-state index contributed by atoms with van der Waals surface area (Å²) in [4.78, 5) is 36.7. The van der Waals surface area contributed by atoms with Crippen molar-refractivity contribution in [2.45, 2.75) is 0 Å². The van der Waals surface area contributed by atoms with E-state index in [1.165, 1.54) is 6.07 Å². The maximum Gasteiger partial charge on any atom is 0.338 e. The Hall–Kier alpha value is -4.86. The molecular weight excluding hydrogens is 454 g/mol. The summed E-state index contributed by atoms with van der Waals surface area (Å²) in [7, 11) is 0. The van der Waals surface area contributed by atoms with Crippen LogP contribution in [0.1, 0.15) is 10.4 Å². The zero-order chi connectivity index (χ0) is 24.2. The first kappa shape index (κ1) is 22.0. The molecule has 3 aromatic carbocycles. The quantitative estimate of drug-likeness (QED) is 0.419. The number of aromatic nitrogens is 1. The lowest BCUT2D eigenvalue weighted by molar-refractivity contribution is -0.123. The first-order valence-electron chi connectivity index (χ1n) is 10.7. The number of hydrogen-bond donors (Lipinski definition) is 2. The van der Waals surface area contributed by atoms with Crippen molar-refractivity contribution < 1.29 is 33.1 Å². The van der Waals surface area contributed by atoms with Crippen molar-refractivity contribution in [1.82, 2.24) is 10.5 Å². The first-order chi connectivity index (χ1) is 17.1. The van der Waals surface area contributed by atoms with E-state index in [0.29, 0.717) is 47.1 Å². The van der Waals surface area contributed by atoms with Crippen LogP contribution in [0, 0.1) is 0 Å². The van der Waals surface area contributed by atoms with Gasteiger partial charge in [-0.05, 0) is 30.3 Å². The molecule has 0 fully saturated rings. The SMILES string of the molecule is O=C(COC(=O)c1ccc2noc(-c3ccccc3)c2c1)NC(=O)Nc1ccc2c(c1)OCCO2. The van der Waals surface area contributed by atoms with Crippen LogP contribution in [-0.2, 0) is 9.53 Å². The Morgan fingerprint density at radius 1 is 0.914 bits per heavy atom. The third-order valence-corrected chi connectivity index (χ3v) is 5.14. The number of urea groups is 1. The zero-order valence-electron chi connectivity index (χ0n) is 18.3. The molecule has 0 radical (unpaired) electrons. The predicted molar refractivity (Wildman–Crippen MR) is 124 cm³/mol. The molecule has 10 nitrogen and oxygen atoms in total. The van der Waals surface area contributed by atoms with Gasteiger partial charge in [-0.2, -0.15) is 0 Å².